The quantitative estimate of drug-likeness (QED) is 0.485. The van der Waals surface area contributed by atoms with Crippen molar-refractivity contribution >= 4 is 38.9 Å². The number of hydrogen-bond acceptors (Lipinski definition) is 5. The lowest BCUT2D eigenvalue weighted by atomic mass is 9.89. The van der Waals surface area contributed by atoms with Crippen LogP contribution >= 0.6 is 23.2 Å². The minimum Gasteiger partial charge on any atom is -0.396 e. The van der Waals surface area contributed by atoms with E-state index in [0.29, 0.717) is 16.5 Å². The monoisotopic (exact) mass is 541 g/mol. The molecule has 2 aromatic carbocycles. The van der Waals surface area contributed by atoms with Crippen LogP contribution in [0.1, 0.15) is 63.8 Å². The van der Waals surface area contributed by atoms with E-state index < -0.39 is 38.9 Å². The molecule has 35 heavy (non-hydrogen) atoms. The molecule has 0 radical (unpaired) electrons. The fraction of sp³-hybridized carbons (Fsp3) is 0.500. The normalized spacial score (nSPS) is 22.3. The Kier molecular flexibility index (Phi) is 8.92. The van der Waals surface area contributed by atoms with E-state index in [1.54, 1.807) is 49.9 Å². The number of morpholine rings is 1. The Labute approximate surface area is 218 Å². The van der Waals surface area contributed by atoms with Crippen LogP contribution in [-0.4, -0.2) is 53.6 Å². The van der Waals surface area contributed by atoms with Gasteiger partial charge in [0, 0.05) is 29.1 Å². The Hall–Kier alpha value is -1.64. The van der Waals surface area contributed by atoms with Gasteiger partial charge >= 0.3 is 0 Å². The molecule has 0 unspecified atom stereocenters. The summed E-state index contributed by atoms with van der Waals surface area (Å²) in [4.78, 5) is 15.4. The van der Waals surface area contributed by atoms with Crippen molar-refractivity contribution in [1.29, 1.82) is 0 Å². The van der Waals surface area contributed by atoms with E-state index in [4.69, 9.17) is 27.9 Å². The lowest BCUT2D eigenvalue weighted by Gasteiger charge is -2.48. The molecule has 0 spiro atoms. The summed E-state index contributed by atoms with van der Waals surface area (Å²) in [5, 5.41) is 10.7. The summed E-state index contributed by atoms with van der Waals surface area (Å²) >= 11 is 12.4. The SMILES string of the molecule is CC[C@@H](CS(=O)(=O)C(C)(C)C)N1C(=O)[C@H](CCO)O[C@H](c2cccc(Cl)c2)[C@H]1c1ccc(Cl)cc1. The van der Waals surface area contributed by atoms with Crippen LogP contribution in [0.3, 0.4) is 0 Å². The Morgan fingerprint density at radius 1 is 1.06 bits per heavy atom. The van der Waals surface area contributed by atoms with Crippen LogP contribution in [0.25, 0.3) is 0 Å². The van der Waals surface area contributed by atoms with Crippen LogP contribution in [0.4, 0.5) is 0 Å². The van der Waals surface area contributed by atoms with Crippen LogP contribution in [0.2, 0.25) is 10.0 Å². The van der Waals surface area contributed by atoms with Gasteiger partial charge in [-0.1, -0.05) is 54.4 Å². The van der Waals surface area contributed by atoms with Gasteiger partial charge in [0.15, 0.2) is 9.84 Å². The maximum absolute atomic E-state index is 13.8. The van der Waals surface area contributed by atoms with Crippen LogP contribution in [0.15, 0.2) is 48.5 Å². The molecule has 4 atom stereocenters. The van der Waals surface area contributed by atoms with Gasteiger partial charge in [0.2, 0.25) is 0 Å². The molecule has 2 aromatic rings. The van der Waals surface area contributed by atoms with Gasteiger partial charge in [0.25, 0.3) is 5.91 Å². The number of sulfone groups is 1. The number of carbonyl (C=O) groups excluding carboxylic acids is 1. The number of halogens is 2. The molecule has 1 fully saturated rings. The van der Waals surface area contributed by atoms with Crippen molar-refractivity contribution in [3.05, 3.63) is 69.7 Å². The first-order chi connectivity index (χ1) is 16.4. The second-order valence-electron chi connectivity index (χ2n) is 9.81. The first-order valence-corrected chi connectivity index (χ1v) is 14.1. The second-order valence-corrected chi connectivity index (χ2v) is 13.5. The van der Waals surface area contributed by atoms with Crippen LogP contribution in [0, 0.1) is 0 Å². The predicted octanol–water partition coefficient (Wildman–Crippen LogP) is 5.38. The zero-order valence-electron chi connectivity index (χ0n) is 20.4. The number of hydrogen-bond donors (Lipinski definition) is 1. The molecule has 1 aliphatic heterocycles. The second kappa shape index (κ2) is 11.2. The molecule has 192 valence electrons. The van der Waals surface area contributed by atoms with Gasteiger partial charge in [-0.2, -0.15) is 0 Å². The molecule has 0 aromatic heterocycles. The first kappa shape index (κ1) is 27.9. The number of aliphatic hydroxyl groups excluding tert-OH is 1. The van der Waals surface area contributed by atoms with Crippen molar-refractivity contribution in [2.45, 2.75) is 69.6 Å². The largest absolute Gasteiger partial charge is 0.396 e. The van der Waals surface area contributed by atoms with Gasteiger partial charge in [0.1, 0.15) is 12.2 Å². The van der Waals surface area contributed by atoms with Crippen LogP contribution in [0.5, 0.6) is 0 Å². The number of rotatable bonds is 8. The van der Waals surface area contributed by atoms with Crippen molar-refractivity contribution in [2.24, 2.45) is 0 Å². The topological polar surface area (TPSA) is 83.9 Å². The van der Waals surface area contributed by atoms with Gasteiger partial charge in [-0.25, -0.2) is 8.42 Å². The summed E-state index contributed by atoms with van der Waals surface area (Å²) in [6.45, 7) is 6.62. The number of benzene rings is 2. The molecule has 0 aliphatic carbocycles. The van der Waals surface area contributed by atoms with Gasteiger partial charge in [0.05, 0.1) is 16.5 Å². The predicted molar refractivity (Wildman–Crippen MR) is 139 cm³/mol. The molecule has 1 saturated heterocycles. The summed E-state index contributed by atoms with van der Waals surface area (Å²) < 4.78 is 31.8. The first-order valence-electron chi connectivity index (χ1n) is 11.7. The van der Waals surface area contributed by atoms with E-state index in [1.807, 2.05) is 31.2 Å². The average Bonchev–Trinajstić information content (AvgIpc) is 2.78. The number of amides is 1. The highest BCUT2D eigenvalue weighted by Crippen LogP contribution is 2.45. The maximum Gasteiger partial charge on any atom is 0.252 e. The number of ether oxygens (including phenoxy) is 1. The third-order valence-electron chi connectivity index (χ3n) is 6.42. The smallest absolute Gasteiger partial charge is 0.252 e. The van der Waals surface area contributed by atoms with Crippen LogP contribution < -0.4 is 0 Å². The molecular formula is C26H33Cl2NO5S. The van der Waals surface area contributed by atoms with E-state index in [1.165, 1.54) is 0 Å². The molecule has 6 nitrogen and oxygen atoms in total. The van der Waals surface area contributed by atoms with Crippen LogP contribution in [-0.2, 0) is 19.4 Å². The van der Waals surface area contributed by atoms with E-state index in [2.05, 4.69) is 0 Å². The van der Waals surface area contributed by atoms with Gasteiger partial charge in [-0.15, -0.1) is 0 Å². The zero-order valence-corrected chi connectivity index (χ0v) is 22.8. The average molecular weight is 543 g/mol. The molecule has 3 rings (SSSR count). The standard InChI is InChI=1S/C26H33Cl2NO5S/c1-5-21(16-35(32,33)26(2,3)4)29-23(17-9-11-19(27)12-10-17)24(18-7-6-8-20(28)15-18)34-22(13-14-30)25(29)31/h6-12,15,21-24,30H,5,13-14,16H2,1-4H3/t21-,22-,23+,24+/m0/s1. The Bertz CT molecular complexity index is 1130. The van der Waals surface area contributed by atoms with Crippen molar-refractivity contribution in [3.63, 3.8) is 0 Å². The van der Waals surface area contributed by atoms with Gasteiger partial charge in [-0.3, -0.25) is 4.79 Å². The molecule has 1 N–H and O–H groups in total. The molecule has 0 saturated carbocycles. The minimum atomic E-state index is -3.54. The van der Waals surface area contributed by atoms with Gasteiger partial charge in [-0.05, 0) is 62.6 Å². The van der Waals surface area contributed by atoms with Crippen molar-refractivity contribution in [2.75, 3.05) is 12.4 Å². The lowest BCUT2D eigenvalue weighted by Crippen LogP contribution is -2.57. The van der Waals surface area contributed by atoms with E-state index in [0.717, 1.165) is 11.1 Å². The molecular weight excluding hydrogens is 509 g/mol. The van der Waals surface area contributed by atoms with Crippen molar-refractivity contribution in [1.82, 2.24) is 4.90 Å². The fourth-order valence-electron chi connectivity index (χ4n) is 4.31. The summed E-state index contributed by atoms with van der Waals surface area (Å²) in [7, 11) is -3.54. The highest BCUT2D eigenvalue weighted by molar-refractivity contribution is 7.92. The summed E-state index contributed by atoms with van der Waals surface area (Å²) in [6.07, 6.45) is -1.02. The highest BCUT2D eigenvalue weighted by atomic mass is 35.5. The van der Waals surface area contributed by atoms with E-state index in [-0.39, 0.29) is 24.7 Å². The van der Waals surface area contributed by atoms with E-state index >= 15 is 0 Å². The molecule has 1 amide bonds. The van der Waals surface area contributed by atoms with E-state index in [9.17, 15) is 18.3 Å². The number of nitrogens with zero attached hydrogens (tertiary/aromatic N) is 1. The number of carbonyl (C=O) groups is 1. The fourth-order valence-corrected chi connectivity index (χ4v) is 6.04. The Morgan fingerprint density at radius 2 is 1.71 bits per heavy atom. The van der Waals surface area contributed by atoms with Gasteiger partial charge < -0.3 is 14.7 Å². The highest BCUT2D eigenvalue weighted by Gasteiger charge is 2.47. The third-order valence-corrected chi connectivity index (χ3v) is 9.59. The van der Waals surface area contributed by atoms with Crippen molar-refractivity contribution < 1.29 is 23.1 Å². The molecule has 1 heterocycles. The Morgan fingerprint density at radius 3 is 2.26 bits per heavy atom. The third kappa shape index (κ3) is 6.20. The summed E-state index contributed by atoms with van der Waals surface area (Å²) in [6, 6.07) is 13.1. The Balaban J connectivity index is 2.19. The molecule has 1 aliphatic rings. The summed E-state index contributed by atoms with van der Waals surface area (Å²) in [5.74, 6) is -0.523. The van der Waals surface area contributed by atoms with Crippen molar-refractivity contribution in [3.8, 4) is 0 Å². The molecule has 9 heteroatoms. The molecule has 0 bridgehead atoms. The zero-order chi connectivity index (χ0) is 26.0. The number of aliphatic hydroxyl groups is 1. The minimum absolute atomic E-state index is 0.0994. The maximum atomic E-state index is 13.8. The lowest BCUT2D eigenvalue weighted by molar-refractivity contribution is -0.180. The summed E-state index contributed by atoms with van der Waals surface area (Å²) in [5.41, 5.74) is 1.52.